The molecule has 2 heterocycles. The second kappa shape index (κ2) is 5.33. The average Bonchev–Trinajstić information content (AvgIpc) is 2.92. The van der Waals surface area contributed by atoms with Crippen LogP contribution >= 0.6 is 11.3 Å². The van der Waals surface area contributed by atoms with Gasteiger partial charge in [0.25, 0.3) is 0 Å². The molecule has 0 amide bonds. The number of thiophene rings is 1. The molecule has 0 aliphatic carbocycles. The first-order valence-electron chi connectivity index (χ1n) is 7.63. The monoisotopic (exact) mass is 332 g/mol. The summed E-state index contributed by atoms with van der Waals surface area (Å²) in [4.78, 5) is 12.5. The van der Waals surface area contributed by atoms with Crippen molar-refractivity contribution in [1.29, 1.82) is 0 Å². The fourth-order valence-electron chi connectivity index (χ4n) is 2.66. The largest absolute Gasteiger partial charge is 0.494 e. The van der Waals surface area contributed by atoms with Crippen LogP contribution in [0.3, 0.4) is 0 Å². The molecule has 1 fully saturated rings. The molecule has 1 aromatic carbocycles. The zero-order valence-electron chi connectivity index (χ0n) is 14.4. The third-order valence-electron chi connectivity index (χ3n) is 4.86. The second-order valence-corrected chi connectivity index (χ2v) is 7.94. The molecule has 3 rings (SSSR count). The highest BCUT2D eigenvalue weighted by Gasteiger charge is 2.51. The van der Waals surface area contributed by atoms with Crippen LogP contribution in [0.15, 0.2) is 18.2 Å². The Morgan fingerprint density at radius 1 is 1.17 bits per heavy atom. The standard InChI is InChI=1S/C17H21BO4S/c1-10-12-8-7-11(9-13(12)23-14(10)15(19)20-6)18-21-16(2,3)17(4,5)22-18/h7-9H,1-6H3. The van der Waals surface area contributed by atoms with Gasteiger partial charge >= 0.3 is 13.1 Å². The van der Waals surface area contributed by atoms with Crippen LogP contribution in [0.25, 0.3) is 10.1 Å². The zero-order chi connectivity index (χ0) is 17.0. The molecular formula is C17H21BO4S. The zero-order valence-corrected chi connectivity index (χ0v) is 15.2. The Hall–Kier alpha value is -1.37. The smallest absolute Gasteiger partial charge is 0.465 e. The van der Waals surface area contributed by atoms with Gasteiger partial charge in [-0.3, -0.25) is 0 Å². The second-order valence-electron chi connectivity index (χ2n) is 6.89. The highest BCUT2D eigenvalue weighted by Crippen LogP contribution is 2.37. The molecule has 0 atom stereocenters. The molecule has 122 valence electrons. The van der Waals surface area contributed by atoms with E-state index in [9.17, 15) is 4.79 Å². The summed E-state index contributed by atoms with van der Waals surface area (Å²) >= 11 is 1.44. The lowest BCUT2D eigenvalue weighted by atomic mass is 9.79. The number of hydrogen-bond donors (Lipinski definition) is 0. The third kappa shape index (κ3) is 2.59. The van der Waals surface area contributed by atoms with E-state index in [1.807, 2.05) is 52.8 Å². The molecular weight excluding hydrogens is 311 g/mol. The molecule has 4 nitrogen and oxygen atoms in total. The van der Waals surface area contributed by atoms with Crippen LogP contribution in [0.4, 0.5) is 0 Å². The number of hydrogen-bond acceptors (Lipinski definition) is 5. The van der Waals surface area contributed by atoms with Crippen LogP contribution in [-0.4, -0.2) is 31.4 Å². The maximum absolute atomic E-state index is 11.9. The summed E-state index contributed by atoms with van der Waals surface area (Å²) in [5.74, 6) is -0.291. The number of benzene rings is 1. The van der Waals surface area contributed by atoms with Crippen molar-refractivity contribution in [2.75, 3.05) is 7.11 Å². The SMILES string of the molecule is COC(=O)c1sc2cc(B3OC(C)(C)C(C)(C)O3)ccc2c1C. The number of ether oxygens (including phenoxy) is 1. The molecule has 23 heavy (non-hydrogen) atoms. The Balaban J connectivity index is 2.00. The summed E-state index contributed by atoms with van der Waals surface area (Å²) in [6, 6.07) is 6.07. The lowest BCUT2D eigenvalue weighted by molar-refractivity contribution is 0.00578. The predicted molar refractivity (Wildman–Crippen MR) is 93.6 cm³/mol. The first kappa shape index (κ1) is 16.5. The van der Waals surface area contributed by atoms with Gasteiger partial charge in [-0.1, -0.05) is 12.1 Å². The van der Waals surface area contributed by atoms with E-state index in [0.717, 1.165) is 21.1 Å². The molecule has 0 unspecified atom stereocenters. The van der Waals surface area contributed by atoms with E-state index < -0.39 is 7.12 Å². The van der Waals surface area contributed by atoms with Crippen molar-refractivity contribution in [1.82, 2.24) is 0 Å². The number of carbonyl (C=O) groups is 1. The lowest BCUT2D eigenvalue weighted by Gasteiger charge is -2.32. The van der Waals surface area contributed by atoms with Crippen LogP contribution in [0.5, 0.6) is 0 Å². The summed E-state index contributed by atoms with van der Waals surface area (Å²) in [5.41, 5.74) is 1.19. The highest BCUT2D eigenvalue weighted by atomic mass is 32.1. The molecule has 1 aliphatic heterocycles. The minimum Gasteiger partial charge on any atom is -0.465 e. The van der Waals surface area contributed by atoms with E-state index in [1.54, 1.807) is 0 Å². The van der Waals surface area contributed by atoms with Gasteiger partial charge in [-0.05, 0) is 57.1 Å². The van der Waals surface area contributed by atoms with Crippen LogP contribution in [0, 0.1) is 6.92 Å². The topological polar surface area (TPSA) is 44.8 Å². The minimum absolute atomic E-state index is 0.291. The molecule has 1 aliphatic rings. The van der Waals surface area contributed by atoms with Crippen molar-refractivity contribution in [3.05, 3.63) is 28.6 Å². The van der Waals surface area contributed by atoms with Crippen LogP contribution in [0.2, 0.25) is 0 Å². The van der Waals surface area contributed by atoms with E-state index >= 15 is 0 Å². The summed E-state index contributed by atoms with van der Waals surface area (Å²) < 4.78 is 18.1. The molecule has 0 spiro atoms. The van der Waals surface area contributed by atoms with Gasteiger partial charge in [0.15, 0.2) is 0 Å². The van der Waals surface area contributed by atoms with Crippen LogP contribution in [-0.2, 0) is 14.0 Å². The van der Waals surface area contributed by atoms with Crippen LogP contribution in [0.1, 0.15) is 42.9 Å². The van der Waals surface area contributed by atoms with E-state index in [-0.39, 0.29) is 17.2 Å². The number of aryl methyl sites for hydroxylation is 1. The number of fused-ring (bicyclic) bond motifs is 1. The van der Waals surface area contributed by atoms with E-state index in [1.165, 1.54) is 18.4 Å². The number of carbonyl (C=O) groups excluding carboxylic acids is 1. The van der Waals surface area contributed by atoms with Gasteiger partial charge in [-0.25, -0.2) is 4.79 Å². The van der Waals surface area contributed by atoms with Gasteiger partial charge in [-0.2, -0.15) is 0 Å². The van der Waals surface area contributed by atoms with Gasteiger partial charge in [0, 0.05) is 4.70 Å². The molecule has 1 saturated heterocycles. The van der Waals surface area contributed by atoms with Crippen molar-refractivity contribution in [2.24, 2.45) is 0 Å². The average molecular weight is 332 g/mol. The Morgan fingerprint density at radius 2 is 1.78 bits per heavy atom. The van der Waals surface area contributed by atoms with Crippen molar-refractivity contribution in [2.45, 2.75) is 45.8 Å². The summed E-state index contributed by atoms with van der Waals surface area (Å²) in [6.07, 6.45) is 0. The lowest BCUT2D eigenvalue weighted by Crippen LogP contribution is -2.41. The van der Waals surface area contributed by atoms with Crippen molar-refractivity contribution in [3.8, 4) is 0 Å². The molecule has 1 aromatic heterocycles. The first-order valence-corrected chi connectivity index (χ1v) is 8.45. The Bertz CT molecular complexity index is 762. The predicted octanol–water partition coefficient (Wildman–Crippen LogP) is 3.30. The quantitative estimate of drug-likeness (QED) is 0.625. The molecule has 0 radical (unpaired) electrons. The molecule has 6 heteroatoms. The molecule has 0 bridgehead atoms. The fourth-order valence-corrected chi connectivity index (χ4v) is 3.83. The summed E-state index contributed by atoms with van der Waals surface area (Å²) in [6.45, 7) is 10.1. The van der Waals surface area contributed by atoms with Crippen molar-refractivity contribution < 1.29 is 18.8 Å². The third-order valence-corrected chi connectivity index (χ3v) is 6.09. The van der Waals surface area contributed by atoms with Gasteiger partial charge in [0.2, 0.25) is 0 Å². The summed E-state index contributed by atoms with van der Waals surface area (Å²) in [5, 5.41) is 1.07. The summed E-state index contributed by atoms with van der Waals surface area (Å²) in [7, 11) is 1.01. The molecule has 0 N–H and O–H groups in total. The maximum Gasteiger partial charge on any atom is 0.494 e. The first-order chi connectivity index (χ1) is 10.7. The van der Waals surface area contributed by atoms with Crippen molar-refractivity contribution >= 4 is 40.0 Å². The van der Waals surface area contributed by atoms with E-state index in [2.05, 4.69) is 0 Å². The number of rotatable bonds is 2. The number of esters is 1. The van der Waals surface area contributed by atoms with Gasteiger partial charge < -0.3 is 14.0 Å². The van der Waals surface area contributed by atoms with Gasteiger partial charge in [0.1, 0.15) is 4.88 Å². The Kier molecular flexibility index (Phi) is 3.82. The van der Waals surface area contributed by atoms with E-state index in [0.29, 0.717) is 4.88 Å². The van der Waals surface area contributed by atoms with Gasteiger partial charge in [-0.15, -0.1) is 11.3 Å². The van der Waals surface area contributed by atoms with Crippen LogP contribution < -0.4 is 5.46 Å². The van der Waals surface area contributed by atoms with E-state index in [4.69, 9.17) is 14.0 Å². The molecule has 0 saturated carbocycles. The minimum atomic E-state index is -0.395. The fraction of sp³-hybridized carbons (Fsp3) is 0.471. The number of methoxy groups -OCH3 is 1. The normalized spacial score (nSPS) is 19.3. The van der Waals surface area contributed by atoms with Crippen molar-refractivity contribution in [3.63, 3.8) is 0 Å². The highest BCUT2D eigenvalue weighted by molar-refractivity contribution is 7.21. The Morgan fingerprint density at radius 3 is 2.35 bits per heavy atom. The maximum atomic E-state index is 11.9. The molecule has 2 aromatic rings. The van der Waals surface area contributed by atoms with Gasteiger partial charge in [0.05, 0.1) is 18.3 Å². The Labute approximate surface area is 140 Å².